The lowest BCUT2D eigenvalue weighted by molar-refractivity contribution is -0.183. The molecular weight excluding hydrogens is 550 g/mol. The van der Waals surface area contributed by atoms with Crippen LogP contribution in [-0.4, -0.2) is 62.8 Å². The fraction of sp³-hybridized carbons (Fsp3) is 0.391. The Morgan fingerprint density at radius 1 is 1.08 bits per heavy atom. The molecule has 36 heavy (non-hydrogen) atoms. The Bertz CT molecular complexity index is 1330. The first-order valence-corrected chi connectivity index (χ1v) is 13.4. The van der Waals surface area contributed by atoms with Crippen LogP contribution in [0.2, 0.25) is 10.0 Å². The minimum atomic E-state index is -4.75. The van der Waals surface area contributed by atoms with E-state index in [2.05, 4.69) is 4.99 Å². The molecule has 5 nitrogen and oxygen atoms in total. The first-order valence-electron chi connectivity index (χ1n) is 10.6. The van der Waals surface area contributed by atoms with Gasteiger partial charge in [-0.05, 0) is 28.8 Å². The fourth-order valence-electron chi connectivity index (χ4n) is 4.39. The van der Waals surface area contributed by atoms with Gasteiger partial charge in [-0.1, -0.05) is 47.5 Å². The van der Waals surface area contributed by atoms with Crippen molar-refractivity contribution >= 4 is 44.7 Å². The summed E-state index contributed by atoms with van der Waals surface area (Å²) in [4.78, 5) is 17.1. The van der Waals surface area contributed by atoms with Crippen LogP contribution in [-0.2, 0) is 25.7 Å². The number of likely N-dealkylation sites (tertiary alicyclic amines) is 1. The van der Waals surface area contributed by atoms with E-state index in [9.17, 15) is 30.8 Å². The van der Waals surface area contributed by atoms with Crippen molar-refractivity contribution in [3.8, 4) is 0 Å². The van der Waals surface area contributed by atoms with Crippen molar-refractivity contribution in [2.45, 2.75) is 23.7 Å². The van der Waals surface area contributed by atoms with Crippen LogP contribution in [0.3, 0.4) is 0 Å². The molecule has 0 saturated carbocycles. The number of benzene rings is 2. The standard InChI is InChI=1S/C23H19Cl2F5N2O3S/c1-36(34,35)9-19(33)32-11-22(27,12-32)14-4-2-13(3-5-14)18-8-21(10-31-18,23(28,29)30)15-6-16(24)20(26)17(25)7-15/h2-7H,8-12H2,1H3. The molecule has 0 radical (unpaired) electrons. The summed E-state index contributed by atoms with van der Waals surface area (Å²) < 4.78 is 94.4. The van der Waals surface area contributed by atoms with Gasteiger partial charge in [-0.25, -0.2) is 17.2 Å². The van der Waals surface area contributed by atoms with E-state index in [-0.39, 0.29) is 29.9 Å². The number of hydrogen-bond donors (Lipinski definition) is 0. The zero-order valence-corrected chi connectivity index (χ0v) is 21.0. The summed E-state index contributed by atoms with van der Waals surface area (Å²) in [5.74, 6) is -2.43. The Hall–Kier alpha value is -2.24. The van der Waals surface area contributed by atoms with Crippen LogP contribution in [0.15, 0.2) is 41.4 Å². The summed E-state index contributed by atoms with van der Waals surface area (Å²) in [6.45, 7) is -1.31. The van der Waals surface area contributed by atoms with Crippen LogP contribution in [0.5, 0.6) is 0 Å². The highest BCUT2D eigenvalue weighted by Gasteiger charge is 2.58. The molecule has 2 aliphatic heterocycles. The van der Waals surface area contributed by atoms with Crippen molar-refractivity contribution in [3.05, 3.63) is 69.0 Å². The number of rotatable bonds is 5. The minimum absolute atomic E-state index is 0.127. The highest BCUT2D eigenvalue weighted by molar-refractivity contribution is 7.91. The molecule has 1 fully saturated rings. The van der Waals surface area contributed by atoms with Gasteiger partial charge in [-0.2, -0.15) is 13.2 Å². The third kappa shape index (κ3) is 4.84. The van der Waals surface area contributed by atoms with Crippen LogP contribution in [0.25, 0.3) is 0 Å². The van der Waals surface area contributed by atoms with Gasteiger partial charge >= 0.3 is 6.18 Å². The van der Waals surface area contributed by atoms with Gasteiger partial charge in [0.15, 0.2) is 21.3 Å². The van der Waals surface area contributed by atoms with Crippen molar-refractivity contribution in [2.24, 2.45) is 4.99 Å². The molecule has 0 aliphatic carbocycles. The third-order valence-corrected chi connectivity index (χ3v) is 7.77. The van der Waals surface area contributed by atoms with E-state index in [0.29, 0.717) is 5.56 Å². The van der Waals surface area contributed by atoms with Crippen molar-refractivity contribution in [2.75, 3.05) is 31.6 Å². The second-order valence-electron chi connectivity index (χ2n) is 9.14. The number of carbonyl (C=O) groups is 1. The quantitative estimate of drug-likeness (QED) is 0.381. The monoisotopic (exact) mass is 568 g/mol. The SMILES string of the molecule is CS(=O)(=O)CC(=O)N1CC(F)(c2ccc(C3=NCC(c4cc(Cl)c(F)c(Cl)c4)(C(F)(F)F)C3)cc2)C1. The highest BCUT2D eigenvalue weighted by atomic mass is 35.5. The zero-order chi connectivity index (χ0) is 26.7. The third-order valence-electron chi connectivity index (χ3n) is 6.44. The lowest BCUT2D eigenvalue weighted by Gasteiger charge is -2.44. The number of alkyl halides is 4. The van der Waals surface area contributed by atoms with Gasteiger partial charge in [-0.15, -0.1) is 0 Å². The van der Waals surface area contributed by atoms with E-state index in [1.54, 1.807) is 0 Å². The van der Waals surface area contributed by atoms with Crippen LogP contribution in [0, 0.1) is 5.82 Å². The zero-order valence-electron chi connectivity index (χ0n) is 18.7. The number of amides is 1. The number of sulfone groups is 1. The van der Waals surface area contributed by atoms with Gasteiger partial charge in [-0.3, -0.25) is 9.79 Å². The predicted molar refractivity (Wildman–Crippen MR) is 126 cm³/mol. The smallest absolute Gasteiger partial charge is 0.335 e. The lowest BCUT2D eigenvalue weighted by Crippen LogP contribution is -2.59. The maximum absolute atomic E-state index is 15.2. The molecule has 1 amide bonds. The average molecular weight is 569 g/mol. The summed E-state index contributed by atoms with van der Waals surface area (Å²) >= 11 is 11.5. The van der Waals surface area contributed by atoms with Gasteiger partial charge in [0, 0.05) is 18.4 Å². The van der Waals surface area contributed by atoms with Gasteiger partial charge in [0.2, 0.25) is 5.91 Å². The Morgan fingerprint density at radius 3 is 2.14 bits per heavy atom. The van der Waals surface area contributed by atoms with Crippen LogP contribution >= 0.6 is 23.2 Å². The second-order valence-corrected chi connectivity index (χ2v) is 12.1. The molecule has 2 aromatic rings. The largest absolute Gasteiger partial charge is 0.400 e. The first-order chi connectivity index (χ1) is 16.5. The molecule has 2 aromatic carbocycles. The molecule has 13 heteroatoms. The Kier molecular flexibility index (Phi) is 6.67. The molecule has 0 spiro atoms. The number of halogens is 7. The van der Waals surface area contributed by atoms with E-state index in [1.165, 1.54) is 24.3 Å². The molecule has 1 atom stereocenters. The normalized spacial score (nSPS) is 21.8. The molecule has 194 valence electrons. The van der Waals surface area contributed by atoms with Crippen molar-refractivity contribution < 1.29 is 35.2 Å². The summed E-state index contributed by atoms with van der Waals surface area (Å²) in [5, 5.41) is -1.06. The van der Waals surface area contributed by atoms with E-state index < -0.39 is 67.6 Å². The average Bonchev–Trinajstić information content (AvgIpc) is 3.21. The molecule has 2 heterocycles. The van der Waals surface area contributed by atoms with Crippen molar-refractivity contribution in [1.82, 2.24) is 4.90 Å². The first kappa shape index (κ1) is 26.8. The Morgan fingerprint density at radius 2 is 1.64 bits per heavy atom. The number of nitrogens with zero attached hydrogens (tertiary/aromatic N) is 2. The van der Waals surface area contributed by atoms with Crippen LogP contribution < -0.4 is 0 Å². The molecule has 2 aliphatic rings. The van der Waals surface area contributed by atoms with Crippen LogP contribution in [0.1, 0.15) is 23.1 Å². The van der Waals surface area contributed by atoms with Gasteiger partial charge in [0.1, 0.15) is 11.2 Å². The summed E-state index contributed by atoms with van der Waals surface area (Å²) in [7, 11) is -3.55. The molecule has 0 bridgehead atoms. The van der Waals surface area contributed by atoms with Crippen LogP contribution in [0.4, 0.5) is 22.0 Å². The molecule has 0 N–H and O–H groups in total. The topological polar surface area (TPSA) is 66.8 Å². The molecular formula is C23H19Cl2F5N2O3S. The number of aliphatic imine (C=N–C) groups is 1. The van der Waals surface area contributed by atoms with Crippen molar-refractivity contribution in [3.63, 3.8) is 0 Å². The van der Waals surface area contributed by atoms with Crippen molar-refractivity contribution in [1.29, 1.82) is 0 Å². The maximum Gasteiger partial charge on any atom is 0.400 e. The van der Waals surface area contributed by atoms with E-state index in [0.717, 1.165) is 23.3 Å². The van der Waals surface area contributed by atoms with Gasteiger partial charge in [0.25, 0.3) is 0 Å². The summed E-state index contributed by atoms with van der Waals surface area (Å²) in [6.07, 6.45) is -4.40. The predicted octanol–water partition coefficient (Wildman–Crippen LogP) is 4.88. The number of carbonyl (C=O) groups excluding carboxylic acids is 1. The minimum Gasteiger partial charge on any atom is -0.335 e. The molecule has 1 saturated heterocycles. The fourth-order valence-corrected chi connectivity index (χ4v) is 5.51. The summed E-state index contributed by atoms with van der Waals surface area (Å²) in [5.41, 5.74) is -4.00. The molecule has 4 rings (SSSR count). The number of hydrogen-bond acceptors (Lipinski definition) is 4. The van der Waals surface area contributed by atoms with Gasteiger partial charge < -0.3 is 4.90 Å². The van der Waals surface area contributed by atoms with E-state index in [4.69, 9.17) is 23.2 Å². The van der Waals surface area contributed by atoms with Gasteiger partial charge in [0.05, 0.1) is 29.7 Å². The Labute approximate surface area is 213 Å². The molecule has 0 aromatic heterocycles. The Balaban J connectivity index is 1.52. The van der Waals surface area contributed by atoms with E-state index in [1.807, 2.05) is 0 Å². The molecule has 1 unspecified atom stereocenters. The summed E-state index contributed by atoms with van der Waals surface area (Å²) in [6, 6.07) is 7.47. The lowest BCUT2D eigenvalue weighted by atomic mass is 9.76. The van der Waals surface area contributed by atoms with E-state index >= 15 is 4.39 Å². The second kappa shape index (κ2) is 8.95. The maximum atomic E-state index is 15.2. The highest BCUT2D eigenvalue weighted by Crippen LogP contribution is 2.49.